The molecule has 1 unspecified atom stereocenters. The first-order chi connectivity index (χ1) is 12.8. The van der Waals surface area contributed by atoms with Gasteiger partial charge in [-0.3, -0.25) is 4.79 Å². The van der Waals surface area contributed by atoms with Crippen molar-refractivity contribution < 1.29 is 9.53 Å². The quantitative estimate of drug-likeness (QED) is 0.232. The fourth-order valence-electron chi connectivity index (χ4n) is 2.18. The lowest BCUT2D eigenvalue weighted by atomic mass is 10.2. The SMILES string of the molecule is CCC=CCC=CCC=CCC=CCC=CCCC(SC)C(=O)OCC. The van der Waals surface area contributed by atoms with Crippen LogP contribution in [-0.2, 0) is 9.53 Å². The van der Waals surface area contributed by atoms with Crippen molar-refractivity contribution in [1.29, 1.82) is 0 Å². The smallest absolute Gasteiger partial charge is 0.319 e. The van der Waals surface area contributed by atoms with E-state index in [4.69, 9.17) is 4.74 Å². The average Bonchev–Trinajstić information content (AvgIpc) is 2.64. The zero-order chi connectivity index (χ0) is 19.3. The van der Waals surface area contributed by atoms with E-state index in [1.54, 1.807) is 11.8 Å². The molecule has 0 heterocycles. The fourth-order valence-corrected chi connectivity index (χ4v) is 2.82. The zero-order valence-corrected chi connectivity index (χ0v) is 17.5. The highest BCUT2D eigenvalue weighted by molar-refractivity contribution is 7.99. The third kappa shape index (κ3) is 16.0. The normalized spacial score (nSPS) is 13.8. The second-order valence-corrected chi connectivity index (χ2v) is 6.80. The van der Waals surface area contributed by atoms with Crippen molar-refractivity contribution in [2.45, 2.75) is 64.0 Å². The largest absolute Gasteiger partial charge is 0.465 e. The van der Waals surface area contributed by atoms with E-state index in [-0.39, 0.29) is 11.2 Å². The number of thioether (sulfide) groups is 1. The van der Waals surface area contributed by atoms with Gasteiger partial charge in [0.25, 0.3) is 0 Å². The Morgan fingerprint density at radius 1 is 0.808 bits per heavy atom. The first-order valence-corrected chi connectivity index (χ1v) is 11.0. The maximum absolute atomic E-state index is 11.7. The fraction of sp³-hybridized carbons (Fsp3) is 0.522. The van der Waals surface area contributed by atoms with Gasteiger partial charge < -0.3 is 4.74 Å². The predicted octanol–water partition coefficient (Wildman–Crippen LogP) is 6.81. The standard InChI is InChI=1S/C23H36O2S/c1-4-6-7-8-9-10-11-12-13-14-15-16-17-18-19-20-21-22(26-3)23(24)25-5-2/h6-7,9-10,12-13,15-16,18-19,22H,4-5,8,11,14,17,20-21H2,1-3H3. The van der Waals surface area contributed by atoms with Gasteiger partial charge in [-0.1, -0.05) is 67.7 Å². The summed E-state index contributed by atoms with van der Waals surface area (Å²) < 4.78 is 5.07. The Labute approximate surface area is 165 Å². The Kier molecular flexibility index (Phi) is 18.7. The molecule has 0 aromatic carbocycles. The molecular weight excluding hydrogens is 340 g/mol. The van der Waals surface area contributed by atoms with Gasteiger partial charge in [-0.15, -0.1) is 0 Å². The van der Waals surface area contributed by atoms with Crippen LogP contribution in [0.1, 0.15) is 58.8 Å². The zero-order valence-electron chi connectivity index (χ0n) is 16.7. The molecule has 0 saturated carbocycles. The molecule has 0 N–H and O–H groups in total. The summed E-state index contributed by atoms with van der Waals surface area (Å²) >= 11 is 1.57. The Bertz CT molecular complexity index is 473. The van der Waals surface area contributed by atoms with Crippen LogP contribution in [0.2, 0.25) is 0 Å². The number of carbonyl (C=O) groups is 1. The number of hydrogen-bond donors (Lipinski definition) is 0. The highest BCUT2D eigenvalue weighted by Gasteiger charge is 2.16. The lowest BCUT2D eigenvalue weighted by molar-refractivity contribution is -0.142. The van der Waals surface area contributed by atoms with E-state index in [1.807, 2.05) is 13.2 Å². The molecule has 0 aliphatic rings. The van der Waals surface area contributed by atoms with E-state index in [0.29, 0.717) is 6.61 Å². The second kappa shape index (κ2) is 19.8. The van der Waals surface area contributed by atoms with Gasteiger partial charge in [-0.25, -0.2) is 0 Å². The average molecular weight is 377 g/mol. The molecular formula is C23H36O2S. The Hall–Kier alpha value is -1.48. The third-order valence-corrected chi connectivity index (χ3v) is 4.58. The molecule has 0 amide bonds. The maximum atomic E-state index is 11.7. The molecule has 0 aromatic rings. The minimum Gasteiger partial charge on any atom is -0.465 e. The molecule has 26 heavy (non-hydrogen) atoms. The molecule has 0 radical (unpaired) electrons. The molecule has 3 heteroatoms. The number of hydrogen-bond acceptors (Lipinski definition) is 3. The molecule has 0 aliphatic heterocycles. The van der Waals surface area contributed by atoms with Gasteiger partial charge in [0.05, 0.1) is 6.61 Å². The van der Waals surface area contributed by atoms with Gasteiger partial charge in [0.15, 0.2) is 0 Å². The van der Waals surface area contributed by atoms with Gasteiger partial charge in [-0.05, 0) is 58.1 Å². The van der Waals surface area contributed by atoms with E-state index in [9.17, 15) is 4.79 Å². The van der Waals surface area contributed by atoms with Gasteiger partial charge in [-0.2, -0.15) is 11.8 Å². The number of ether oxygens (including phenoxy) is 1. The van der Waals surface area contributed by atoms with E-state index in [1.165, 1.54) is 0 Å². The van der Waals surface area contributed by atoms with Crippen molar-refractivity contribution in [3.63, 3.8) is 0 Å². The van der Waals surface area contributed by atoms with E-state index >= 15 is 0 Å². The van der Waals surface area contributed by atoms with Crippen molar-refractivity contribution in [1.82, 2.24) is 0 Å². The predicted molar refractivity (Wildman–Crippen MR) is 118 cm³/mol. The number of allylic oxidation sites excluding steroid dienone is 10. The molecule has 0 fully saturated rings. The van der Waals surface area contributed by atoms with E-state index in [2.05, 4.69) is 67.7 Å². The summed E-state index contributed by atoms with van der Waals surface area (Å²) in [4.78, 5) is 11.7. The Morgan fingerprint density at radius 2 is 1.27 bits per heavy atom. The second-order valence-electron chi connectivity index (χ2n) is 5.76. The Balaban J connectivity index is 3.70. The summed E-state index contributed by atoms with van der Waals surface area (Å²) in [5, 5.41) is -0.0444. The molecule has 2 nitrogen and oxygen atoms in total. The maximum Gasteiger partial charge on any atom is 0.319 e. The molecule has 0 spiro atoms. The molecule has 0 bridgehead atoms. The summed E-state index contributed by atoms with van der Waals surface area (Å²) in [6.07, 6.45) is 30.7. The Morgan fingerprint density at radius 3 is 1.69 bits per heavy atom. The van der Waals surface area contributed by atoms with Crippen LogP contribution in [0, 0.1) is 0 Å². The molecule has 0 rings (SSSR count). The molecule has 0 aromatic heterocycles. The summed E-state index contributed by atoms with van der Waals surface area (Å²) in [7, 11) is 0. The van der Waals surface area contributed by atoms with E-state index in [0.717, 1.165) is 44.9 Å². The summed E-state index contributed by atoms with van der Waals surface area (Å²) in [6.45, 7) is 4.45. The van der Waals surface area contributed by atoms with Crippen molar-refractivity contribution >= 4 is 17.7 Å². The summed E-state index contributed by atoms with van der Waals surface area (Å²) in [5.41, 5.74) is 0. The van der Waals surface area contributed by atoms with Crippen LogP contribution in [-0.4, -0.2) is 24.1 Å². The first kappa shape index (κ1) is 24.5. The van der Waals surface area contributed by atoms with Crippen LogP contribution in [0.15, 0.2) is 60.8 Å². The highest BCUT2D eigenvalue weighted by Crippen LogP contribution is 2.15. The van der Waals surface area contributed by atoms with Crippen LogP contribution < -0.4 is 0 Å². The van der Waals surface area contributed by atoms with E-state index < -0.39 is 0 Å². The van der Waals surface area contributed by atoms with Crippen molar-refractivity contribution in [3.05, 3.63) is 60.8 Å². The topological polar surface area (TPSA) is 26.3 Å². The van der Waals surface area contributed by atoms with Crippen LogP contribution in [0.25, 0.3) is 0 Å². The first-order valence-electron chi connectivity index (χ1n) is 9.70. The number of carbonyl (C=O) groups excluding carboxylic acids is 1. The van der Waals surface area contributed by atoms with Gasteiger partial charge in [0, 0.05) is 0 Å². The van der Waals surface area contributed by atoms with Crippen molar-refractivity contribution in [2.75, 3.05) is 12.9 Å². The number of esters is 1. The van der Waals surface area contributed by atoms with Crippen LogP contribution in [0.3, 0.4) is 0 Å². The summed E-state index contributed by atoms with van der Waals surface area (Å²) in [5.74, 6) is -0.0904. The highest BCUT2D eigenvalue weighted by atomic mass is 32.2. The minimum atomic E-state index is -0.0904. The van der Waals surface area contributed by atoms with Crippen LogP contribution >= 0.6 is 11.8 Å². The van der Waals surface area contributed by atoms with Crippen LogP contribution in [0.5, 0.6) is 0 Å². The van der Waals surface area contributed by atoms with Gasteiger partial charge in [0.2, 0.25) is 0 Å². The molecule has 1 atom stereocenters. The van der Waals surface area contributed by atoms with Gasteiger partial charge in [0.1, 0.15) is 5.25 Å². The van der Waals surface area contributed by atoms with Crippen molar-refractivity contribution in [2.24, 2.45) is 0 Å². The molecule has 0 saturated heterocycles. The number of rotatable bonds is 15. The van der Waals surface area contributed by atoms with Crippen molar-refractivity contribution in [3.8, 4) is 0 Å². The summed E-state index contributed by atoms with van der Waals surface area (Å²) in [6, 6.07) is 0. The van der Waals surface area contributed by atoms with Gasteiger partial charge >= 0.3 is 5.97 Å². The van der Waals surface area contributed by atoms with Crippen LogP contribution in [0.4, 0.5) is 0 Å². The lowest BCUT2D eigenvalue weighted by Crippen LogP contribution is -2.19. The molecule has 0 aliphatic carbocycles. The molecule has 146 valence electrons. The minimum absolute atomic E-state index is 0.0444. The lowest BCUT2D eigenvalue weighted by Gasteiger charge is -2.11. The monoisotopic (exact) mass is 376 g/mol. The third-order valence-electron chi connectivity index (χ3n) is 3.59.